The number of carboxylic acid groups (broad SMARTS) is 1. The van der Waals surface area contributed by atoms with E-state index in [1.54, 1.807) is 18.2 Å². The van der Waals surface area contributed by atoms with E-state index in [4.69, 9.17) is 5.11 Å². The van der Waals surface area contributed by atoms with Crippen molar-refractivity contribution in [2.24, 2.45) is 0 Å². The Kier molecular flexibility index (Phi) is 5.64. The van der Waals surface area contributed by atoms with Gasteiger partial charge in [0.05, 0.1) is 10.5 Å². The first-order valence-corrected chi connectivity index (χ1v) is 7.71. The first kappa shape index (κ1) is 17.6. The maximum absolute atomic E-state index is 11.9. The number of nitro groups is 1. The molecule has 0 aromatic heterocycles. The van der Waals surface area contributed by atoms with Crippen LogP contribution in [-0.4, -0.2) is 21.9 Å². The van der Waals surface area contributed by atoms with E-state index in [0.717, 1.165) is 0 Å². The van der Waals surface area contributed by atoms with Crippen LogP contribution in [0.1, 0.15) is 15.9 Å². The summed E-state index contributed by atoms with van der Waals surface area (Å²) in [6, 6.07) is 10.4. The number of aromatic carboxylic acids is 1. The molecule has 0 heterocycles. The number of hydrogen-bond acceptors (Lipinski definition) is 4. The summed E-state index contributed by atoms with van der Waals surface area (Å²) in [7, 11) is 0. The molecule has 7 nitrogen and oxygen atoms in total. The van der Waals surface area contributed by atoms with Gasteiger partial charge in [-0.1, -0.05) is 12.1 Å². The minimum Gasteiger partial charge on any atom is -0.478 e. The topological polar surface area (TPSA) is 110 Å². The molecule has 122 valence electrons. The van der Waals surface area contributed by atoms with Gasteiger partial charge in [-0.3, -0.25) is 14.9 Å². The molecule has 0 aliphatic rings. The minimum absolute atomic E-state index is 0.0682. The molecule has 0 aliphatic heterocycles. The molecular weight excluding hydrogens is 427 g/mol. The van der Waals surface area contributed by atoms with Gasteiger partial charge < -0.3 is 10.4 Å². The molecule has 0 saturated carbocycles. The van der Waals surface area contributed by atoms with Crippen molar-refractivity contribution in [2.45, 2.75) is 0 Å². The summed E-state index contributed by atoms with van der Waals surface area (Å²) in [5.41, 5.74) is 0.882. The molecule has 0 atom stereocenters. The van der Waals surface area contributed by atoms with E-state index in [2.05, 4.69) is 5.32 Å². The minimum atomic E-state index is -1.08. The maximum Gasteiger partial charge on any atom is 0.336 e. The number of non-ortho nitro benzene ring substituents is 1. The van der Waals surface area contributed by atoms with Gasteiger partial charge in [-0.15, -0.1) is 0 Å². The molecule has 2 N–H and O–H groups in total. The molecule has 0 radical (unpaired) electrons. The SMILES string of the molecule is O=C(/C=C/c1cccc([N+](=O)[O-])c1)Nc1ccc(I)c(C(=O)O)c1. The second kappa shape index (κ2) is 7.68. The summed E-state index contributed by atoms with van der Waals surface area (Å²) in [6.07, 6.45) is 2.66. The zero-order valence-corrected chi connectivity index (χ0v) is 14.3. The fourth-order valence-electron chi connectivity index (χ4n) is 1.86. The van der Waals surface area contributed by atoms with Crippen LogP contribution in [0, 0.1) is 13.7 Å². The summed E-state index contributed by atoms with van der Waals surface area (Å²) >= 11 is 1.90. The first-order valence-electron chi connectivity index (χ1n) is 6.63. The highest BCUT2D eigenvalue weighted by atomic mass is 127. The van der Waals surface area contributed by atoms with Gasteiger partial charge in [0.2, 0.25) is 5.91 Å². The van der Waals surface area contributed by atoms with Crippen molar-refractivity contribution in [2.75, 3.05) is 5.32 Å². The number of halogens is 1. The van der Waals surface area contributed by atoms with Gasteiger partial charge >= 0.3 is 5.97 Å². The number of anilines is 1. The molecule has 0 fully saturated rings. The molecule has 0 unspecified atom stereocenters. The number of nitrogens with zero attached hydrogens (tertiary/aromatic N) is 1. The van der Waals surface area contributed by atoms with E-state index in [0.29, 0.717) is 14.8 Å². The molecule has 0 spiro atoms. The Morgan fingerprint density at radius 2 is 1.96 bits per heavy atom. The molecule has 24 heavy (non-hydrogen) atoms. The smallest absolute Gasteiger partial charge is 0.336 e. The van der Waals surface area contributed by atoms with Gasteiger partial charge in [0.15, 0.2) is 0 Å². The van der Waals surface area contributed by atoms with E-state index in [1.165, 1.54) is 36.4 Å². The summed E-state index contributed by atoms with van der Waals surface area (Å²) < 4.78 is 0.560. The largest absolute Gasteiger partial charge is 0.478 e. The van der Waals surface area contributed by atoms with Gasteiger partial charge in [-0.25, -0.2) is 4.79 Å². The number of carbonyl (C=O) groups is 2. The van der Waals surface area contributed by atoms with Crippen LogP contribution in [0.25, 0.3) is 6.08 Å². The molecule has 0 bridgehead atoms. The monoisotopic (exact) mass is 438 g/mol. The van der Waals surface area contributed by atoms with Crippen molar-refractivity contribution in [3.8, 4) is 0 Å². The van der Waals surface area contributed by atoms with E-state index in [-0.39, 0.29) is 11.3 Å². The fourth-order valence-corrected chi connectivity index (χ4v) is 2.43. The van der Waals surface area contributed by atoms with Crippen molar-refractivity contribution >= 4 is 51.9 Å². The van der Waals surface area contributed by atoms with Gasteiger partial charge in [0, 0.05) is 27.5 Å². The Morgan fingerprint density at radius 1 is 1.21 bits per heavy atom. The second-order valence-corrected chi connectivity index (χ2v) is 5.84. The van der Waals surface area contributed by atoms with Crippen LogP contribution in [0.2, 0.25) is 0 Å². The zero-order chi connectivity index (χ0) is 17.7. The number of amides is 1. The Balaban J connectivity index is 2.11. The molecule has 2 aromatic carbocycles. The summed E-state index contributed by atoms with van der Waals surface area (Å²) in [5.74, 6) is -1.55. The van der Waals surface area contributed by atoms with E-state index in [1.807, 2.05) is 22.6 Å². The Hall–Kier alpha value is -2.75. The predicted molar refractivity (Wildman–Crippen MR) is 96.9 cm³/mol. The Bertz CT molecular complexity index is 848. The van der Waals surface area contributed by atoms with Crippen molar-refractivity contribution < 1.29 is 19.6 Å². The van der Waals surface area contributed by atoms with Crippen LogP contribution in [-0.2, 0) is 4.79 Å². The van der Waals surface area contributed by atoms with Gasteiger partial charge in [-0.2, -0.15) is 0 Å². The highest BCUT2D eigenvalue weighted by Crippen LogP contribution is 2.18. The van der Waals surface area contributed by atoms with Crippen molar-refractivity contribution in [1.29, 1.82) is 0 Å². The fraction of sp³-hybridized carbons (Fsp3) is 0. The van der Waals surface area contributed by atoms with Crippen LogP contribution < -0.4 is 5.32 Å². The molecular formula is C16H11IN2O5. The molecule has 0 aliphatic carbocycles. The highest BCUT2D eigenvalue weighted by Gasteiger charge is 2.10. The lowest BCUT2D eigenvalue weighted by molar-refractivity contribution is -0.384. The summed E-state index contributed by atoms with van der Waals surface area (Å²) in [4.78, 5) is 33.1. The maximum atomic E-state index is 11.9. The quantitative estimate of drug-likeness (QED) is 0.321. The van der Waals surface area contributed by atoms with Crippen molar-refractivity contribution in [1.82, 2.24) is 0 Å². The first-order chi connectivity index (χ1) is 11.4. The van der Waals surface area contributed by atoms with E-state index < -0.39 is 16.8 Å². The standard InChI is InChI=1S/C16H11IN2O5/c17-14-6-5-11(9-13(14)16(21)22)18-15(20)7-4-10-2-1-3-12(8-10)19(23)24/h1-9H,(H,18,20)(H,21,22)/b7-4+. The molecule has 2 rings (SSSR count). The molecule has 1 amide bonds. The van der Waals surface area contributed by atoms with Crippen LogP contribution in [0.3, 0.4) is 0 Å². The summed E-state index contributed by atoms with van der Waals surface area (Å²) in [6.45, 7) is 0. The number of rotatable bonds is 5. The lowest BCUT2D eigenvalue weighted by atomic mass is 10.2. The van der Waals surface area contributed by atoms with Gasteiger partial charge in [-0.05, 0) is 52.4 Å². The molecule has 0 saturated heterocycles. The third-order valence-electron chi connectivity index (χ3n) is 2.97. The molecule has 8 heteroatoms. The lowest BCUT2D eigenvalue weighted by Gasteiger charge is -2.05. The van der Waals surface area contributed by atoms with Gasteiger partial charge in [0.25, 0.3) is 5.69 Å². The number of carbonyl (C=O) groups excluding carboxylic acids is 1. The lowest BCUT2D eigenvalue weighted by Crippen LogP contribution is -2.09. The van der Waals surface area contributed by atoms with Crippen LogP contribution in [0.4, 0.5) is 11.4 Å². The third kappa shape index (κ3) is 4.62. The normalized spacial score (nSPS) is 10.5. The number of hydrogen-bond donors (Lipinski definition) is 2. The zero-order valence-electron chi connectivity index (χ0n) is 12.1. The average molecular weight is 438 g/mol. The van der Waals surface area contributed by atoms with E-state index in [9.17, 15) is 19.7 Å². The molecule has 2 aromatic rings. The Labute approximate surface area is 150 Å². The van der Waals surface area contributed by atoms with Crippen LogP contribution in [0.5, 0.6) is 0 Å². The predicted octanol–water partition coefficient (Wildman–Crippen LogP) is 3.55. The van der Waals surface area contributed by atoms with Gasteiger partial charge in [0.1, 0.15) is 0 Å². The van der Waals surface area contributed by atoms with Crippen molar-refractivity contribution in [3.05, 3.63) is 73.4 Å². The highest BCUT2D eigenvalue weighted by molar-refractivity contribution is 14.1. The van der Waals surface area contributed by atoms with Crippen LogP contribution >= 0.6 is 22.6 Å². The van der Waals surface area contributed by atoms with E-state index >= 15 is 0 Å². The number of carboxylic acids is 1. The number of benzene rings is 2. The second-order valence-electron chi connectivity index (χ2n) is 4.67. The summed E-state index contributed by atoms with van der Waals surface area (Å²) in [5, 5.41) is 22.3. The third-order valence-corrected chi connectivity index (χ3v) is 3.91. The average Bonchev–Trinajstić information content (AvgIpc) is 2.54. The van der Waals surface area contributed by atoms with Crippen molar-refractivity contribution in [3.63, 3.8) is 0 Å². The number of nitrogens with one attached hydrogen (secondary N) is 1. The Morgan fingerprint density at radius 3 is 2.62 bits per heavy atom. The van der Waals surface area contributed by atoms with Crippen LogP contribution in [0.15, 0.2) is 48.5 Å². The number of nitro benzene ring substituents is 1.